The van der Waals surface area contributed by atoms with Gasteiger partial charge >= 0.3 is 0 Å². The fraction of sp³-hybridized carbons (Fsp3) is 1.00. The van der Waals surface area contributed by atoms with Crippen molar-refractivity contribution in [3.05, 3.63) is 0 Å². The molecule has 0 aromatic carbocycles. The van der Waals surface area contributed by atoms with Crippen molar-refractivity contribution in [3.63, 3.8) is 0 Å². The van der Waals surface area contributed by atoms with Gasteiger partial charge in [0.15, 0.2) is 0 Å². The molecule has 1 heteroatoms. The third-order valence-electron chi connectivity index (χ3n) is 3.16. The van der Waals surface area contributed by atoms with Crippen LogP contribution in [0.5, 0.6) is 0 Å². The largest absolute Gasteiger partial charge is 0.330 e. The summed E-state index contributed by atoms with van der Waals surface area (Å²) in [5.74, 6) is 1.92. The van der Waals surface area contributed by atoms with Crippen molar-refractivity contribution < 1.29 is 0 Å². The summed E-state index contributed by atoms with van der Waals surface area (Å²) >= 11 is 0. The van der Waals surface area contributed by atoms with Crippen LogP contribution in [0.25, 0.3) is 0 Å². The van der Waals surface area contributed by atoms with Gasteiger partial charge in [-0.15, -0.1) is 0 Å². The molecule has 2 atom stereocenters. The molecule has 9 heavy (non-hydrogen) atoms. The highest BCUT2D eigenvalue weighted by Gasteiger charge is 2.55. The van der Waals surface area contributed by atoms with Crippen molar-refractivity contribution in [1.29, 1.82) is 0 Å². The molecule has 2 fully saturated rings. The number of hydrogen-bond donors (Lipinski definition) is 1. The molecule has 0 radical (unpaired) electrons. The molecular weight excluding hydrogens is 110 g/mol. The minimum absolute atomic E-state index is 0.754. The molecule has 0 heterocycles. The van der Waals surface area contributed by atoms with E-state index in [4.69, 9.17) is 5.73 Å². The van der Waals surface area contributed by atoms with E-state index < -0.39 is 0 Å². The third-order valence-corrected chi connectivity index (χ3v) is 3.16. The average Bonchev–Trinajstić information content (AvgIpc) is 2.60. The first kappa shape index (κ1) is 5.72. The van der Waals surface area contributed by atoms with Crippen LogP contribution < -0.4 is 5.73 Å². The van der Waals surface area contributed by atoms with Gasteiger partial charge in [0.1, 0.15) is 0 Å². The molecule has 2 N–H and O–H groups in total. The first-order valence-electron chi connectivity index (χ1n) is 3.96. The first-order chi connectivity index (χ1) is 4.26. The lowest BCUT2D eigenvalue weighted by Gasteiger charge is -2.04. The highest BCUT2D eigenvalue weighted by molar-refractivity contribution is 5.05. The Kier molecular flexibility index (Phi) is 0.963. The van der Waals surface area contributed by atoms with Crippen molar-refractivity contribution in [3.8, 4) is 0 Å². The molecule has 0 saturated heterocycles. The van der Waals surface area contributed by atoms with Crippen LogP contribution in [0.4, 0.5) is 0 Å². The van der Waals surface area contributed by atoms with Gasteiger partial charge in [0.05, 0.1) is 0 Å². The van der Waals surface area contributed by atoms with E-state index in [0.717, 1.165) is 23.8 Å². The maximum atomic E-state index is 5.55. The lowest BCUT2D eigenvalue weighted by atomic mass is 10.0. The molecule has 2 aliphatic carbocycles. The summed E-state index contributed by atoms with van der Waals surface area (Å²) < 4.78 is 0. The van der Waals surface area contributed by atoms with E-state index in [1.54, 1.807) is 0 Å². The second-order valence-corrected chi connectivity index (χ2v) is 3.99. The molecule has 0 bridgehead atoms. The maximum Gasteiger partial charge on any atom is -0.00459 e. The second-order valence-electron chi connectivity index (χ2n) is 3.99. The van der Waals surface area contributed by atoms with Gasteiger partial charge in [-0.25, -0.2) is 0 Å². The van der Waals surface area contributed by atoms with E-state index in [1.807, 2.05) is 0 Å². The summed E-state index contributed by atoms with van der Waals surface area (Å²) in [4.78, 5) is 0. The zero-order valence-electron chi connectivity index (χ0n) is 6.06. The van der Waals surface area contributed by atoms with Crippen molar-refractivity contribution in [2.24, 2.45) is 23.0 Å². The monoisotopic (exact) mass is 125 g/mol. The van der Waals surface area contributed by atoms with Gasteiger partial charge in [-0.3, -0.25) is 0 Å². The standard InChI is InChI=1S/C8H15N/c1-8(2-3-8)7-4-6(7)5-9/h6-7H,2-5,9H2,1H3. The van der Waals surface area contributed by atoms with E-state index in [1.165, 1.54) is 19.3 Å². The first-order valence-corrected chi connectivity index (χ1v) is 3.96. The highest BCUT2D eigenvalue weighted by atomic mass is 14.7. The molecule has 0 aliphatic heterocycles. The fourth-order valence-corrected chi connectivity index (χ4v) is 1.93. The Hall–Kier alpha value is -0.0400. The summed E-state index contributed by atoms with van der Waals surface area (Å²) in [6.45, 7) is 3.34. The minimum Gasteiger partial charge on any atom is -0.330 e. The Labute approximate surface area is 56.6 Å². The van der Waals surface area contributed by atoms with Gasteiger partial charge in [-0.05, 0) is 43.1 Å². The summed E-state index contributed by atoms with van der Waals surface area (Å²) in [7, 11) is 0. The van der Waals surface area contributed by atoms with Crippen LogP contribution in [0, 0.1) is 17.3 Å². The summed E-state index contributed by atoms with van der Waals surface area (Å²) in [6, 6.07) is 0. The Balaban J connectivity index is 1.90. The second kappa shape index (κ2) is 1.51. The lowest BCUT2D eigenvalue weighted by molar-refractivity contribution is 0.457. The zero-order chi connectivity index (χ0) is 6.48. The Morgan fingerprint density at radius 1 is 1.56 bits per heavy atom. The SMILES string of the molecule is CC1(C2CC2CN)CC1. The average molecular weight is 125 g/mol. The quantitative estimate of drug-likeness (QED) is 0.593. The van der Waals surface area contributed by atoms with E-state index in [0.29, 0.717) is 0 Å². The van der Waals surface area contributed by atoms with Crippen LogP contribution in [0.2, 0.25) is 0 Å². The normalized spacial score (nSPS) is 44.7. The van der Waals surface area contributed by atoms with Crippen LogP contribution in [0.1, 0.15) is 26.2 Å². The van der Waals surface area contributed by atoms with Crippen molar-refractivity contribution in [1.82, 2.24) is 0 Å². The molecule has 0 aromatic rings. The molecule has 2 aliphatic rings. The Morgan fingerprint density at radius 3 is 2.56 bits per heavy atom. The summed E-state index contributed by atoms with van der Waals surface area (Å²) in [5, 5.41) is 0. The molecule has 0 amide bonds. The van der Waals surface area contributed by atoms with Crippen molar-refractivity contribution >= 4 is 0 Å². The molecule has 52 valence electrons. The topological polar surface area (TPSA) is 26.0 Å². The molecule has 0 spiro atoms. The van der Waals surface area contributed by atoms with Crippen molar-refractivity contribution in [2.75, 3.05) is 6.54 Å². The Bertz CT molecular complexity index is 127. The van der Waals surface area contributed by atoms with E-state index in [2.05, 4.69) is 6.92 Å². The summed E-state index contributed by atoms with van der Waals surface area (Å²) in [6.07, 6.45) is 4.36. The van der Waals surface area contributed by atoms with Crippen LogP contribution >= 0.6 is 0 Å². The van der Waals surface area contributed by atoms with Gasteiger partial charge < -0.3 is 5.73 Å². The van der Waals surface area contributed by atoms with E-state index in [-0.39, 0.29) is 0 Å². The van der Waals surface area contributed by atoms with E-state index >= 15 is 0 Å². The molecule has 2 rings (SSSR count). The highest BCUT2D eigenvalue weighted by Crippen LogP contribution is 2.63. The number of rotatable bonds is 2. The molecular formula is C8H15N. The maximum absolute atomic E-state index is 5.55. The Morgan fingerprint density at radius 2 is 2.22 bits per heavy atom. The van der Waals surface area contributed by atoms with Gasteiger partial charge in [-0.2, -0.15) is 0 Å². The zero-order valence-corrected chi connectivity index (χ0v) is 6.06. The molecule has 1 nitrogen and oxygen atoms in total. The van der Waals surface area contributed by atoms with Gasteiger partial charge in [0.25, 0.3) is 0 Å². The lowest BCUT2D eigenvalue weighted by Crippen LogP contribution is -2.06. The smallest absolute Gasteiger partial charge is 0.00459 e. The minimum atomic E-state index is 0.754. The van der Waals surface area contributed by atoms with Gasteiger partial charge in [0.2, 0.25) is 0 Å². The number of hydrogen-bond acceptors (Lipinski definition) is 1. The number of nitrogens with two attached hydrogens (primary N) is 1. The molecule has 2 unspecified atom stereocenters. The van der Waals surface area contributed by atoms with Crippen molar-refractivity contribution in [2.45, 2.75) is 26.2 Å². The third kappa shape index (κ3) is 0.787. The predicted octanol–water partition coefficient (Wildman–Crippen LogP) is 1.38. The van der Waals surface area contributed by atoms with Crippen LogP contribution in [0.3, 0.4) is 0 Å². The molecule has 2 saturated carbocycles. The van der Waals surface area contributed by atoms with Gasteiger partial charge in [-0.1, -0.05) is 6.92 Å². The van der Waals surface area contributed by atoms with E-state index in [9.17, 15) is 0 Å². The molecule has 0 aromatic heterocycles. The van der Waals surface area contributed by atoms with Crippen LogP contribution in [-0.2, 0) is 0 Å². The predicted molar refractivity (Wildman–Crippen MR) is 38.0 cm³/mol. The van der Waals surface area contributed by atoms with Gasteiger partial charge in [0, 0.05) is 0 Å². The fourth-order valence-electron chi connectivity index (χ4n) is 1.93. The van der Waals surface area contributed by atoms with Crippen LogP contribution in [-0.4, -0.2) is 6.54 Å². The summed E-state index contributed by atoms with van der Waals surface area (Å²) in [5.41, 5.74) is 6.30. The van der Waals surface area contributed by atoms with Crippen LogP contribution in [0.15, 0.2) is 0 Å².